The first-order valence-corrected chi connectivity index (χ1v) is 8.42. The lowest BCUT2D eigenvalue weighted by atomic mass is 10.2. The van der Waals surface area contributed by atoms with Crippen LogP contribution in [0.25, 0.3) is 21.9 Å². The summed E-state index contributed by atoms with van der Waals surface area (Å²) in [5.74, 6) is 0.128. The fourth-order valence-corrected chi connectivity index (χ4v) is 3.38. The van der Waals surface area contributed by atoms with Crippen LogP contribution in [-0.2, 0) is 14.1 Å². The molecule has 0 saturated carbocycles. The number of aryl methyl sites for hydroxylation is 2. The zero-order valence-electron chi connectivity index (χ0n) is 14.5. The van der Waals surface area contributed by atoms with E-state index in [-0.39, 0.29) is 5.91 Å². The van der Waals surface area contributed by atoms with E-state index in [4.69, 9.17) is 0 Å². The van der Waals surface area contributed by atoms with Gasteiger partial charge in [-0.25, -0.2) is 0 Å². The summed E-state index contributed by atoms with van der Waals surface area (Å²) in [7, 11) is 4.06. The van der Waals surface area contributed by atoms with Crippen LogP contribution < -0.4 is 0 Å². The molecule has 0 saturated heterocycles. The molecule has 2 heterocycles. The van der Waals surface area contributed by atoms with Crippen molar-refractivity contribution in [3.05, 3.63) is 36.0 Å². The maximum Gasteiger partial charge on any atom is 0.270 e. The van der Waals surface area contributed by atoms with Gasteiger partial charge in [0.15, 0.2) is 0 Å². The Hall–Kier alpha value is -2.23. The average Bonchev–Trinajstić information content (AvgIpc) is 3.05. The van der Waals surface area contributed by atoms with Gasteiger partial charge in [0.1, 0.15) is 5.69 Å². The number of amides is 1. The van der Waals surface area contributed by atoms with Gasteiger partial charge in [-0.2, -0.15) is 0 Å². The summed E-state index contributed by atoms with van der Waals surface area (Å²) in [6.07, 6.45) is 2.15. The van der Waals surface area contributed by atoms with Gasteiger partial charge >= 0.3 is 0 Å². The standard InChI is InChI=1S/C19H25N3O/c1-5-7-12-22(6-2)19(23)17-13-16-18(21(17)4)14-10-8-9-11-15(14)20(16)3/h8-11,13H,5-7,12H2,1-4H3. The van der Waals surface area contributed by atoms with Crippen molar-refractivity contribution in [1.82, 2.24) is 14.0 Å². The molecule has 4 nitrogen and oxygen atoms in total. The molecule has 122 valence electrons. The number of hydrogen-bond acceptors (Lipinski definition) is 1. The molecule has 2 aromatic heterocycles. The van der Waals surface area contributed by atoms with E-state index in [9.17, 15) is 4.79 Å². The molecule has 0 atom stereocenters. The molecule has 0 aliphatic rings. The van der Waals surface area contributed by atoms with Crippen molar-refractivity contribution in [2.75, 3.05) is 13.1 Å². The lowest BCUT2D eigenvalue weighted by Crippen LogP contribution is -2.32. The van der Waals surface area contributed by atoms with Crippen LogP contribution in [0.2, 0.25) is 0 Å². The normalized spacial score (nSPS) is 11.5. The molecular formula is C19H25N3O. The molecule has 0 unspecified atom stereocenters. The minimum Gasteiger partial charge on any atom is -0.342 e. The van der Waals surface area contributed by atoms with Crippen molar-refractivity contribution in [1.29, 1.82) is 0 Å². The molecule has 1 aromatic carbocycles. The van der Waals surface area contributed by atoms with Crippen LogP contribution in [0.3, 0.4) is 0 Å². The van der Waals surface area contributed by atoms with Crippen LogP contribution in [0.15, 0.2) is 30.3 Å². The monoisotopic (exact) mass is 311 g/mol. The maximum atomic E-state index is 12.9. The first-order valence-electron chi connectivity index (χ1n) is 8.42. The summed E-state index contributed by atoms with van der Waals surface area (Å²) in [5, 5.41) is 1.20. The van der Waals surface area contributed by atoms with Crippen LogP contribution in [0.5, 0.6) is 0 Å². The number of carbonyl (C=O) groups is 1. The molecule has 0 aliphatic heterocycles. The number of carbonyl (C=O) groups excluding carboxylic acids is 1. The fraction of sp³-hybridized carbons (Fsp3) is 0.421. The van der Waals surface area contributed by atoms with Crippen LogP contribution in [0, 0.1) is 0 Å². The molecule has 0 N–H and O–H groups in total. The van der Waals surface area contributed by atoms with Crippen LogP contribution >= 0.6 is 0 Å². The summed E-state index contributed by atoms with van der Waals surface area (Å²) < 4.78 is 4.22. The third kappa shape index (κ3) is 2.42. The van der Waals surface area contributed by atoms with Gasteiger partial charge in [0.25, 0.3) is 5.91 Å². The highest BCUT2D eigenvalue weighted by molar-refractivity contribution is 6.10. The zero-order chi connectivity index (χ0) is 16.6. The van der Waals surface area contributed by atoms with E-state index >= 15 is 0 Å². The highest BCUT2D eigenvalue weighted by Crippen LogP contribution is 2.30. The molecule has 3 rings (SSSR count). The van der Waals surface area contributed by atoms with Gasteiger partial charge in [-0.05, 0) is 25.5 Å². The van der Waals surface area contributed by atoms with Gasteiger partial charge < -0.3 is 14.0 Å². The third-order valence-electron chi connectivity index (χ3n) is 4.76. The second-order valence-corrected chi connectivity index (χ2v) is 6.14. The van der Waals surface area contributed by atoms with Crippen molar-refractivity contribution in [3.8, 4) is 0 Å². The molecule has 0 aliphatic carbocycles. The van der Waals surface area contributed by atoms with Gasteiger partial charge in [0.2, 0.25) is 0 Å². The largest absolute Gasteiger partial charge is 0.342 e. The minimum atomic E-state index is 0.128. The molecule has 23 heavy (non-hydrogen) atoms. The Kier molecular flexibility index (Phi) is 4.16. The van der Waals surface area contributed by atoms with E-state index in [2.05, 4.69) is 47.4 Å². The van der Waals surface area contributed by atoms with Crippen molar-refractivity contribution >= 4 is 27.8 Å². The molecule has 0 bridgehead atoms. The van der Waals surface area contributed by atoms with Gasteiger partial charge in [-0.1, -0.05) is 31.5 Å². The zero-order valence-corrected chi connectivity index (χ0v) is 14.5. The lowest BCUT2D eigenvalue weighted by molar-refractivity contribution is 0.0753. The lowest BCUT2D eigenvalue weighted by Gasteiger charge is -2.20. The molecule has 3 aromatic rings. The Balaban J connectivity index is 2.11. The van der Waals surface area contributed by atoms with E-state index in [0.717, 1.165) is 42.7 Å². The maximum absolute atomic E-state index is 12.9. The van der Waals surface area contributed by atoms with Crippen molar-refractivity contribution < 1.29 is 4.79 Å². The van der Waals surface area contributed by atoms with Gasteiger partial charge in [-0.15, -0.1) is 0 Å². The molecule has 1 amide bonds. The van der Waals surface area contributed by atoms with E-state index in [0.29, 0.717) is 0 Å². The minimum absolute atomic E-state index is 0.128. The number of nitrogens with zero attached hydrogens (tertiary/aromatic N) is 3. The summed E-state index contributed by atoms with van der Waals surface area (Å²) >= 11 is 0. The number of benzene rings is 1. The van der Waals surface area contributed by atoms with Crippen molar-refractivity contribution in [2.24, 2.45) is 14.1 Å². The predicted octanol–water partition coefficient (Wildman–Crippen LogP) is 3.93. The Morgan fingerprint density at radius 3 is 2.52 bits per heavy atom. The second kappa shape index (κ2) is 6.11. The average molecular weight is 311 g/mol. The number of hydrogen-bond donors (Lipinski definition) is 0. The first-order chi connectivity index (χ1) is 11.1. The first kappa shape index (κ1) is 15.7. The van der Waals surface area contributed by atoms with E-state index in [1.54, 1.807) is 0 Å². The Morgan fingerprint density at radius 2 is 1.83 bits per heavy atom. The van der Waals surface area contributed by atoms with Crippen molar-refractivity contribution in [2.45, 2.75) is 26.7 Å². The van der Waals surface area contributed by atoms with Gasteiger partial charge in [0.05, 0.1) is 16.6 Å². The molecular weight excluding hydrogens is 286 g/mol. The van der Waals surface area contributed by atoms with E-state index in [1.807, 2.05) is 24.9 Å². The number of unbranched alkanes of at least 4 members (excludes halogenated alkanes) is 1. The molecule has 4 heteroatoms. The Morgan fingerprint density at radius 1 is 1.09 bits per heavy atom. The highest BCUT2D eigenvalue weighted by atomic mass is 16.2. The van der Waals surface area contributed by atoms with Gasteiger partial charge in [0, 0.05) is 32.6 Å². The second-order valence-electron chi connectivity index (χ2n) is 6.14. The highest BCUT2D eigenvalue weighted by Gasteiger charge is 2.21. The Bertz CT molecular complexity index is 856. The summed E-state index contributed by atoms with van der Waals surface area (Å²) in [6, 6.07) is 10.4. The quantitative estimate of drug-likeness (QED) is 0.702. The van der Waals surface area contributed by atoms with Gasteiger partial charge in [-0.3, -0.25) is 4.79 Å². The number of fused-ring (bicyclic) bond motifs is 3. The summed E-state index contributed by atoms with van der Waals surface area (Å²) in [6.45, 7) is 5.78. The predicted molar refractivity (Wildman–Crippen MR) is 95.9 cm³/mol. The smallest absolute Gasteiger partial charge is 0.270 e. The number of para-hydroxylation sites is 1. The number of aromatic nitrogens is 2. The molecule has 0 fully saturated rings. The topological polar surface area (TPSA) is 30.2 Å². The fourth-order valence-electron chi connectivity index (χ4n) is 3.38. The number of rotatable bonds is 5. The van der Waals surface area contributed by atoms with Crippen LogP contribution in [0.1, 0.15) is 37.2 Å². The van der Waals surface area contributed by atoms with Crippen LogP contribution in [-0.4, -0.2) is 33.0 Å². The summed E-state index contributed by atoms with van der Waals surface area (Å²) in [4.78, 5) is 14.9. The SMILES string of the molecule is CCCCN(CC)C(=O)c1cc2c(c3ccccc3n2C)n1C. The van der Waals surface area contributed by atoms with E-state index in [1.165, 1.54) is 10.9 Å². The third-order valence-corrected chi connectivity index (χ3v) is 4.76. The Labute approximate surface area is 137 Å². The van der Waals surface area contributed by atoms with Crippen molar-refractivity contribution in [3.63, 3.8) is 0 Å². The molecule has 0 radical (unpaired) electrons. The van der Waals surface area contributed by atoms with E-state index < -0.39 is 0 Å². The summed E-state index contributed by atoms with van der Waals surface area (Å²) in [5.41, 5.74) is 4.22. The molecule has 0 spiro atoms. The van der Waals surface area contributed by atoms with Crippen LogP contribution in [0.4, 0.5) is 0 Å².